The Hall–Kier alpha value is -2.01. The number of rotatable bonds is 5. The maximum atomic E-state index is 12.6. The number of sulfonamides is 1. The second kappa shape index (κ2) is 6.40. The normalized spacial score (nSPS) is 11.5. The summed E-state index contributed by atoms with van der Waals surface area (Å²) in [6.45, 7) is 5.99. The summed E-state index contributed by atoms with van der Waals surface area (Å²) in [6.07, 6.45) is 0. The lowest BCUT2D eigenvalue weighted by molar-refractivity contribution is 0.402. The molecule has 0 saturated heterocycles. The molecule has 0 aliphatic heterocycles. The van der Waals surface area contributed by atoms with Gasteiger partial charge in [0.15, 0.2) is 0 Å². The second-order valence-corrected chi connectivity index (χ2v) is 7.19. The summed E-state index contributed by atoms with van der Waals surface area (Å²) in [5, 5.41) is 0. The molecule has 2 aromatic rings. The SMILES string of the molecule is COc1ccc(C(C)C)cc1S(=O)(=O)Nc1ccc(C)cc1. The van der Waals surface area contributed by atoms with Gasteiger partial charge in [0.1, 0.15) is 10.6 Å². The molecule has 2 aromatic carbocycles. The predicted molar refractivity (Wildman–Crippen MR) is 89.1 cm³/mol. The Bertz CT molecular complexity index is 750. The van der Waals surface area contributed by atoms with Crippen molar-refractivity contribution in [3.05, 3.63) is 53.6 Å². The van der Waals surface area contributed by atoms with E-state index < -0.39 is 10.0 Å². The van der Waals surface area contributed by atoms with E-state index in [9.17, 15) is 8.42 Å². The first-order valence-electron chi connectivity index (χ1n) is 7.11. The highest BCUT2D eigenvalue weighted by molar-refractivity contribution is 7.92. The molecule has 1 N–H and O–H groups in total. The third-order valence-corrected chi connectivity index (χ3v) is 4.85. The van der Waals surface area contributed by atoms with Gasteiger partial charge < -0.3 is 4.74 Å². The molecule has 0 bridgehead atoms. The van der Waals surface area contributed by atoms with Crippen molar-refractivity contribution >= 4 is 15.7 Å². The number of nitrogens with one attached hydrogen (secondary N) is 1. The van der Waals surface area contributed by atoms with E-state index in [1.165, 1.54) is 7.11 Å². The summed E-state index contributed by atoms with van der Waals surface area (Å²) in [7, 11) is -2.23. The van der Waals surface area contributed by atoms with E-state index in [2.05, 4.69) is 4.72 Å². The third-order valence-electron chi connectivity index (χ3n) is 3.45. The molecule has 0 aromatic heterocycles. The molecule has 0 heterocycles. The molecular weight excluding hydrogens is 298 g/mol. The lowest BCUT2D eigenvalue weighted by atomic mass is 10.0. The first kappa shape index (κ1) is 16.4. The maximum absolute atomic E-state index is 12.6. The van der Waals surface area contributed by atoms with Crippen molar-refractivity contribution in [3.63, 3.8) is 0 Å². The van der Waals surface area contributed by atoms with Gasteiger partial charge in [0, 0.05) is 5.69 Å². The van der Waals surface area contributed by atoms with Gasteiger partial charge in [-0.25, -0.2) is 8.42 Å². The molecule has 0 spiro atoms. The van der Waals surface area contributed by atoms with Crippen LogP contribution >= 0.6 is 0 Å². The molecule has 0 fully saturated rings. The molecule has 0 aliphatic carbocycles. The van der Waals surface area contributed by atoms with Crippen molar-refractivity contribution in [2.24, 2.45) is 0 Å². The summed E-state index contributed by atoms with van der Waals surface area (Å²) in [4.78, 5) is 0.154. The van der Waals surface area contributed by atoms with Crippen LogP contribution in [-0.2, 0) is 10.0 Å². The minimum absolute atomic E-state index is 0.154. The average Bonchev–Trinajstić information content (AvgIpc) is 2.48. The molecule has 5 heteroatoms. The summed E-state index contributed by atoms with van der Waals surface area (Å²) >= 11 is 0. The van der Waals surface area contributed by atoms with Gasteiger partial charge in [-0.2, -0.15) is 0 Å². The largest absolute Gasteiger partial charge is 0.495 e. The van der Waals surface area contributed by atoms with Crippen LogP contribution in [0, 0.1) is 6.92 Å². The first-order chi connectivity index (χ1) is 10.3. The lowest BCUT2D eigenvalue weighted by Gasteiger charge is -2.14. The van der Waals surface area contributed by atoms with Crippen molar-refractivity contribution in [1.82, 2.24) is 0 Å². The van der Waals surface area contributed by atoms with Crippen molar-refractivity contribution < 1.29 is 13.2 Å². The summed E-state index contributed by atoms with van der Waals surface area (Å²) < 4.78 is 33.1. The summed E-state index contributed by atoms with van der Waals surface area (Å²) in [5.74, 6) is 0.572. The highest BCUT2D eigenvalue weighted by Gasteiger charge is 2.21. The molecule has 118 valence electrons. The smallest absolute Gasteiger partial charge is 0.265 e. The van der Waals surface area contributed by atoms with Crippen molar-refractivity contribution in [2.75, 3.05) is 11.8 Å². The molecule has 0 atom stereocenters. The zero-order chi connectivity index (χ0) is 16.3. The van der Waals surface area contributed by atoms with Crippen LogP contribution in [0.3, 0.4) is 0 Å². The molecule has 0 radical (unpaired) electrons. The van der Waals surface area contributed by atoms with Crippen LogP contribution in [0.2, 0.25) is 0 Å². The highest BCUT2D eigenvalue weighted by Crippen LogP contribution is 2.29. The van der Waals surface area contributed by atoms with Crippen LogP contribution in [0.25, 0.3) is 0 Å². The first-order valence-corrected chi connectivity index (χ1v) is 8.59. The topological polar surface area (TPSA) is 55.4 Å². The Labute approximate surface area is 132 Å². The monoisotopic (exact) mass is 319 g/mol. The number of aryl methyl sites for hydroxylation is 1. The van der Waals surface area contributed by atoms with Crippen LogP contribution in [-0.4, -0.2) is 15.5 Å². The molecule has 22 heavy (non-hydrogen) atoms. The van der Waals surface area contributed by atoms with Crippen molar-refractivity contribution in [2.45, 2.75) is 31.6 Å². The standard InChI is InChI=1S/C17H21NO3S/c1-12(2)14-7-10-16(21-4)17(11-14)22(19,20)18-15-8-5-13(3)6-9-15/h5-12,18H,1-4H3. The van der Waals surface area contributed by atoms with Crippen LogP contribution in [0.15, 0.2) is 47.4 Å². The Morgan fingerprint density at radius 1 is 1.05 bits per heavy atom. The maximum Gasteiger partial charge on any atom is 0.265 e. The minimum Gasteiger partial charge on any atom is -0.495 e. The van der Waals surface area contributed by atoms with E-state index in [1.807, 2.05) is 39.0 Å². The number of benzene rings is 2. The molecule has 0 amide bonds. The minimum atomic E-state index is -3.70. The lowest BCUT2D eigenvalue weighted by Crippen LogP contribution is -2.14. The molecule has 0 saturated carbocycles. The number of anilines is 1. The van der Waals surface area contributed by atoms with E-state index in [0.717, 1.165) is 11.1 Å². The van der Waals surface area contributed by atoms with Gasteiger partial charge in [-0.05, 0) is 42.7 Å². The van der Waals surface area contributed by atoms with E-state index in [-0.39, 0.29) is 10.8 Å². The van der Waals surface area contributed by atoms with Crippen LogP contribution < -0.4 is 9.46 Å². The second-order valence-electron chi connectivity index (χ2n) is 5.54. The molecule has 0 unspecified atom stereocenters. The number of hydrogen-bond acceptors (Lipinski definition) is 3. The molecular formula is C17H21NO3S. The van der Waals surface area contributed by atoms with Gasteiger partial charge in [0.25, 0.3) is 10.0 Å². The van der Waals surface area contributed by atoms with Crippen molar-refractivity contribution in [3.8, 4) is 5.75 Å². The van der Waals surface area contributed by atoms with Gasteiger partial charge in [0.05, 0.1) is 7.11 Å². The van der Waals surface area contributed by atoms with E-state index in [1.54, 1.807) is 24.3 Å². The number of ether oxygens (including phenoxy) is 1. The Morgan fingerprint density at radius 3 is 2.23 bits per heavy atom. The van der Waals surface area contributed by atoms with Crippen molar-refractivity contribution in [1.29, 1.82) is 0 Å². The van der Waals surface area contributed by atoms with Gasteiger partial charge in [0.2, 0.25) is 0 Å². The third kappa shape index (κ3) is 3.60. The predicted octanol–water partition coefficient (Wildman–Crippen LogP) is 3.93. The fourth-order valence-corrected chi connectivity index (χ4v) is 3.36. The van der Waals surface area contributed by atoms with Gasteiger partial charge in [-0.15, -0.1) is 0 Å². The Morgan fingerprint density at radius 2 is 1.68 bits per heavy atom. The van der Waals surface area contributed by atoms with E-state index in [4.69, 9.17) is 4.74 Å². The van der Waals surface area contributed by atoms with E-state index >= 15 is 0 Å². The number of hydrogen-bond donors (Lipinski definition) is 1. The molecule has 0 aliphatic rings. The zero-order valence-electron chi connectivity index (χ0n) is 13.3. The molecule has 4 nitrogen and oxygen atoms in total. The molecule has 2 rings (SSSR count). The summed E-state index contributed by atoms with van der Waals surface area (Å²) in [5.41, 5.74) is 2.55. The fourth-order valence-electron chi connectivity index (χ4n) is 2.09. The van der Waals surface area contributed by atoms with Gasteiger partial charge in [-0.1, -0.05) is 37.6 Å². The zero-order valence-corrected chi connectivity index (χ0v) is 14.1. The Kier molecular flexibility index (Phi) is 4.76. The highest BCUT2D eigenvalue weighted by atomic mass is 32.2. The van der Waals surface area contributed by atoms with Gasteiger partial charge >= 0.3 is 0 Å². The van der Waals surface area contributed by atoms with Crippen LogP contribution in [0.4, 0.5) is 5.69 Å². The van der Waals surface area contributed by atoms with Crippen LogP contribution in [0.5, 0.6) is 5.75 Å². The van der Waals surface area contributed by atoms with Crippen LogP contribution in [0.1, 0.15) is 30.9 Å². The average molecular weight is 319 g/mol. The number of methoxy groups -OCH3 is 1. The summed E-state index contributed by atoms with van der Waals surface area (Å²) in [6, 6.07) is 12.4. The van der Waals surface area contributed by atoms with Gasteiger partial charge in [-0.3, -0.25) is 4.72 Å². The quantitative estimate of drug-likeness (QED) is 0.908. The van der Waals surface area contributed by atoms with E-state index in [0.29, 0.717) is 11.4 Å². The Balaban J connectivity index is 2.43. The fraction of sp³-hybridized carbons (Fsp3) is 0.294.